The second kappa shape index (κ2) is 6.10. The summed E-state index contributed by atoms with van der Waals surface area (Å²) in [4.78, 5) is 19.7. The fourth-order valence-corrected chi connectivity index (χ4v) is 2.67. The zero-order valence-corrected chi connectivity index (χ0v) is 11.5. The van der Waals surface area contributed by atoms with Crippen molar-refractivity contribution in [2.24, 2.45) is 0 Å². The average Bonchev–Trinajstić information content (AvgIpc) is 2.85. The molecule has 1 aromatic rings. The topological polar surface area (TPSA) is 36.4 Å². The van der Waals surface area contributed by atoms with E-state index in [1.54, 1.807) is 18.0 Å². The molecule has 1 saturated heterocycles. The van der Waals surface area contributed by atoms with Crippen molar-refractivity contribution in [1.82, 2.24) is 14.8 Å². The van der Waals surface area contributed by atoms with Crippen molar-refractivity contribution in [3.63, 3.8) is 0 Å². The minimum atomic E-state index is -0.615. The third kappa shape index (κ3) is 3.29. The van der Waals surface area contributed by atoms with Gasteiger partial charge in [0.1, 0.15) is 0 Å². The lowest BCUT2D eigenvalue weighted by Crippen LogP contribution is -2.41. The van der Waals surface area contributed by atoms with E-state index >= 15 is 0 Å². The van der Waals surface area contributed by atoms with Crippen LogP contribution in [0.5, 0.6) is 0 Å². The first-order valence-corrected chi connectivity index (χ1v) is 6.73. The fourth-order valence-electron chi connectivity index (χ4n) is 2.67. The molecule has 1 aromatic heterocycles. The smallest absolute Gasteiger partial charge is 0.253 e. The average molecular weight is 265 g/mol. The number of likely N-dealkylation sites (tertiary alicyclic amines) is 1. The van der Waals surface area contributed by atoms with Crippen LogP contribution in [-0.4, -0.2) is 53.4 Å². The summed E-state index contributed by atoms with van der Waals surface area (Å²) in [6, 6.07) is 3.16. The highest BCUT2D eigenvalue weighted by molar-refractivity contribution is 5.93. The van der Waals surface area contributed by atoms with Gasteiger partial charge in [0.25, 0.3) is 5.91 Å². The van der Waals surface area contributed by atoms with E-state index in [0.29, 0.717) is 18.2 Å². The molecular weight excluding hydrogens is 245 g/mol. The summed E-state index contributed by atoms with van der Waals surface area (Å²) in [5.41, 5.74) is 0.357. The number of carbonyl (C=O) groups is 1. The monoisotopic (exact) mass is 265 g/mol. The lowest BCUT2D eigenvalue weighted by atomic mass is 10.2. The maximum absolute atomic E-state index is 13.0. The summed E-state index contributed by atoms with van der Waals surface area (Å²) in [6.07, 6.45) is 3.63. The molecule has 1 fully saturated rings. The number of hydrogen-bond donors (Lipinski definition) is 0. The van der Waals surface area contributed by atoms with Gasteiger partial charge in [0.2, 0.25) is 5.95 Å². The first-order valence-electron chi connectivity index (χ1n) is 6.73. The minimum Gasteiger partial charge on any atom is -0.340 e. The van der Waals surface area contributed by atoms with Gasteiger partial charge in [0.15, 0.2) is 0 Å². The van der Waals surface area contributed by atoms with Crippen LogP contribution in [0.1, 0.15) is 30.1 Å². The largest absolute Gasteiger partial charge is 0.340 e. The molecular formula is C14H20FN3O. The van der Waals surface area contributed by atoms with E-state index in [2.05, 4.69) is 16.8 Å². The van der Waals surface area contributed by atoms with Crippen molar-refractivity contribution >= 4 is 5.91 Å². The number of pyridine rings is 1. The van der Waals surface area contributed by atoms with Crippen molar-refractivity contribution in [1.29, 1.82) is 0 Å². The third-order valence-electron chi connectivity index (χ3n) is 3.71. The van der Waals surface area contributed by atoms with Crippen LogP contribution in [-0.2, 0) is 0 Å². The van der Waals surface area contributed by atoms with Gasteiger partial charge in [-0.1, -0.05) is 6.92 Å². The highest BCUT2D eigenvalue weighted by Crippen LogP contribution is 2.18. The van der Waals surface area contributed by atoms with E-state index in [1.807, 2.05) is 0 Å². The summed E-state index contributed by atoms with van der Waals surface area (Å²) < 4.78 is 13.0. The molecule has 1 aliphatic rings. The van der Waals surface area contributed by atoms with Crippen molar-refractivity contribution in [3.05, 3.63) is 29.8 Å². The number of nitrogens with zero attached hydrogens (tertiary/aromatic N) is 3. The van der Waals surface area contributed by atoms with Gasteiger partial charge in [-0.05, 0) is 32.0 Å². The van der Waals surface area contributed by atoms with Crippen LogP contribution in [0.2, 0.25) is 0 Å². The van der Waals surface area contributed by atoms with E-state index in [9.17, 15) is 9.18 Å². The molecule has 0 aliphatic carbocycles. The molecule has 0 aromatic carbocycles. The van der Waals surface area contributed by atoms with Crippen LogP contribution < -0.4 is 0 Å². The number of likely N-dealkylation sites (N-methyl/N-ethyl adjacent to an activating group) is 2. The molecule has 0 bridgehead atoms. The van der Waals surface area contributed by atoms with E-state index in [-0.39, 0.29) is 5.91 Å². The second-order valence-corrected chi connectivity index (χ2v) is 4.98. The van der Waals surface area contributed by atoms with Gasteiger partial charge < -0.3 is 4.90 Å². The summed E-state index contributed by atoms with van der Waals surface area (Å²) in [6.45, 7) is 4.94. The van der Waals surface area contributed by atoms with E-state index < -0.39 is 5.95 Å². The maximum atomic E-state index is 13.0. The molecule has 4 nitrogen and oxygen atoms in total. The number of amides is 1. The van der Waals surface area contributed by atoms with Gasteiger partial charge in [0.05, 0.1) is 0 Å². The molecule has 104 valence electrons. The Balaban J connectivity index is 1.99. The third-order valence-corrected chi connectivity index (χ3v) is 3.71. The van der Waals surface area contributed by atoms with Crippen molar-refractivity contribution < 1.29 is 9.18 Å². The molecule has 2 heterocycles. The highest BCUT2D eigenvalue weighted by atomic mass is 19.1. The summed E-state index contributed by atoms with van der Waals surface area (Å²) in [5.74, 6) is -0.764. The van der Waals surface area contributed by atoms with Gasteiger partial charge >= 0.3 is 0 Å². The molecule has 5 heteroatoms. The molecule has 2 rings (SSSR count). The first kappa shape index (κ1) is 13.9. The zero-order valence-electron chi connectivity index (χ0n) is 11.5. The quantitative estimate of drug-likeness (QED) is 0.779. The Morgan fingerprint density at radius 1 is 1.63 bits per heavy atom. The number of rotatable bonds is 4. The van der Waals surface area contributed by atoms with Crippen LogP contribution in [0.3, 0.4) is 0 Å². The molecule has 1 unspecified atom stereocenters. The SMILES string of the molecule is CCN1CCCC1CN(C)C(=O)c1ccnc(F)c1. The number of hydrogen-bond acceptors (Lipinski definition) is 3. The van der Waals surface area contributed by atoms with E-state index in [4.69, 9.17) is 0 Å². The Bertz CT molecular complexity index is 452. The molecule has 0 radical (unpaired) electrons. The van der Waals surface area contributed by atoms with Crippen LogP contribution in [0.4, 0.5) is 4.39 Å². The molecule has 1 atom stereocenters. The second-order valence-electron chi connectivity index (χ2n) is 4.98. The Morgan fingerprint density at radius 3 is 3.11 bits per heavy atom. The van der Waals surface area contributed by atoms with Crippen molar-refractivity contribution in [3.8, 4) is 0 Å². The van der Waals surface area contributed by atoms with Gasteiger partial charge in [-0.25, -0.2) is 4.98 Å². The Kier molecular flexibility index (Phi) is 4.47. The number of carbonyl (C=O) groups excluding carboxylic acids is 1. The molecule has 0 N–H and O–H groups in total. The predicted molar refractivity (Wildman–Crippen MR) is 71.4 cm³/mol. The summed E-state index contributed by atoms with van der Waals surface area (Å²) in [5, 5.41) is 0. The van der Waals surface area contributed by atoms with E-state index in [1.165, 1.54) is 18.7 Å². The summed E-state index contributed by atoms with van der Waals surface area (Å²) >= 11 is 0. The highest BCUT2D eigenvalue weighted by Gasteiger charge is 2.25. The normalized spacial score (nSPS) is 19.6. The minimum absolute atomic E-state index is 0.149. The Hall–Kier alpha value is -1.49. The van der Waals surface area contributed by atoms with Gasteiger partial charge in [-0.15, -0.1) is 0 Å². The van der Waals surface area contributed by atoms with Gasteiger partial charge in [-0.2, -0.15) is 4.39 Å². The van der Waals surface area contributed by atoms with Crippen LogP contribution in [0, 0.1) is 5.95 Å². The molecule has 1 aliphatic heterocycles. The standard InChI is InChI=1S/C14H20FN3O/c1-3-18-8-4-5-12(18)10-17(2)14(19)11-6-7-16-13(15)9-11/h6-7,9,12H,3-5,8,10H2,1-2H3. The van der Waals surface area contributed by atoms with Crippen LogP contribution in [0.15, 0.2) is 18.3 Å². The van der Waals surface area contributed by atoms with Crippen LogP contribution in [0.25, 0.3) is 0 Å². The van der Waals surface area contributed by atoms with Gasteiger partial charge in [0, 0.05) is 37.5 Å². The van der Waals surface area contributed by atoms with Gasteiger partial charge in [-0.3, -0.25) is 9.69 Å². The Labute approximate surface area is 113 Å². The summed E-state index contributed by atoms with van der Waals surface area (Å²) in [7, 11) is 1.77. The lowest BCUT2D eigenvalue weighted by molar-refractivity contribution is 0.0754. The van der Waals surface area contributed by atoms with Crippen LogP contribution >= 0.6 is 0 Å². The molecule has 0 spiro atoms. The molecule has 1 amide bonds. The molecule has 19 heavy (non-hydrogen) atoms. The maximum Gasteiger partial charge on any atom is 0.253 e. The first-order chi connectivity index (χ1) is 9.11. The van der Waals surface area contributed by atoms with E-state index in [0.717, 1.165) is 19.5 Å². The Morgan fingerprint density at radius 2 is 2.42 bits per heavy atom. The number of aromatic nitrogens is 1. The van der Waals surface area contributed by atoms with Crippen molar-refractivity contribution in [2.75, 3.05) is 26.7 Å². The zero-order chi connectivity index (χ0) is 13.8. The fraction of sp³-hybridized carbons (Fsp3) is 0.571. The number of halogens is 1. The van der Waals surface area contributed by atoms with Crippen molar-refractivity contribution in [2.45, 2.75) is 25.8 Å². The lowest BCUT2D eigenvalue weighted by Gasteiger charge is -2.27. The predicted octanol–water partition coefficient (Wildman–Crippen LogP) is 1.78. The molecule has 0 saturated carbocycles.